The predicted octanol–water partition coefficient (Wildman–Crippen LogP) is 5.05. The first kappa shape index (κ1) is 21.8. The molecule has 3 aromatic rings. The van der Waals surface area contributed by atoms with Crippen LogP contribution in [0.5, 0.6) is 0 Å². The summed E-state index contributed by atoms with van der Waals surface area (Å²) in [6, 6.07) is 8.29. The van der Waals surface area contributed by atoms with Crippen molar-refractivity contribution < 1.29 is 18.4 Å². The van der Waals surface area contributed by atoms with Crippen LogP contribution in [0.3, 0.4) is 0 Å². The van der Waals surface area contributed by atoms with Gasteiger partial charge in [0.15, 0.2) is 11.6 Å². The highest BCUT2D eigenvalue weighted by molar-refractivity contribution is 7.13. The standard InChI is InChI=1S/C22H21F2N5O2S/c1-12-5-6-14(10-13(12)2)26-22(31)29-9-3-4-18(29)20-27-28-21(32-20)19(30)25-15-7-8-16(23)17(24)11-15/h5-8,10-11,18H,3-4,9H2,1-2H3,(H,25,30)(H,26,31). The molecule has 32 heavy (non-hydrogen) atoms. The van der Waals surface area contributed by atoms with Gasteiger partial charge in [-0.3, -0.25) is 4.79 Å². The number of hydrogen-bond acceptors (Lipinski definition) is 5. The summed E-state index contributed by atoms with van der Waals surface area (Å²) in [4.78, 5) is 27.0. The summed E-state index contributed by atoms with van der Waals surface area (Å²) >= 11 is 1.07. The van der Waals surface area contributed by atoms with Crippen molar-refractivity contribution in [3.05, 3.63) is 69.2 Å². The van der Waals surface area contributed by atoms with Crippen LogP contribution in [0.15, 0.2) is 36.4 Å². The Balaban J connectivity index is 1.45. The van der Waals surface area contributed by atoms with Crippen molar-refractivity contribution in [3.63, 3.8) is 0 Å². The number of nitrogens with one attached hydrogen (secondary N) is 2. The monoisotopic (exact) mass is 457 g/mol. The minimum Gasteiger partial charge on any atom is -0.320 e. The molecular weight excluding hydrogens is 436 g/mol. The molecule has 0 aliphatic carbocycles. The number of anilines is 2. The summed E-state index contributed by atoms with van der Waals surface area (Å²) in [5, 5.41) is 14.1. The van der Waals surface area contributed by atoms with Gasteiger partial charge in [-0.15, -0.1) is 10.2 Å². The van der Waals surface area contributed by atoms with Gasteiger partial charge >= 0.3 is 6.03 Å². The first-order chi connectivity index (χ1) is 15.3. The zero-order valence-electron chi connectivity index (χ0n) is 17.5. The minimum atomic E-state index is -1.06. The third-order valence-corrected chi connectivity index (χ3v) is 6.39. The number of carbonyl (C=O) groups excluding carboxylic acids is 2. The molecule has 1 aliphatic heterocycles. The molecule has 7 nitrogen and oxygen atoms in total. The molecule has 2 heterocycles. The molecule has 2 aromatic carbocycles. The quantitative estimate of drug-likeness (QED) is 0.574. The number of halogens is 2. The SMILES string of the molecule is Cc1ccc(NC(=O)N2CCCC2c2nnc(C(=O)Nc3ccc(F)c(F)c3)s2)cc1C. The molecule has 0 bridgehead atoms. The largest absolute Gasteiger partial charge is 0.322 e. The lowest BCUT2D eigenvalue weighted by Gasteiger charge is -2.23. The minimum absolute atomic E-state index is 0.0751. The van der Waals surface area contributed by atoms with E-state index < -0.39 is 17.5 Å². The zero-order chi connectivity index (χ0) is 22.8. The number of urea groups is 1. The third kappa shape index (κ3) is 4.59. The molecule has 10 heteroatoms. The van der Waals surface area contributed by atoms with Crippen LogP contribution < -0.4 is 10.6 Å². The van der Waals surface area contributed by atoms with Crippen LogP contribution >= 0.6 is 11.3 Å². The molecular formula is C22H21F2N5O2S. The zero-order valence-corrected chi connectivity index (χ0v) is 18.3. The number of hydrogen-bond donors (Lipinski definition) is 2. The third-order valence-electron chi connectivity index (χ3n) is 5.37. The van der Waals surface area contributed by atoms with E-state index in [0.29, 0.717) is 23.7 Å². The average molecular weight is 458 g/mol. The molecule has 1 aromatic heterocycles. The number of rotatable bonds is 4. The molecule has 166 valence electrons. The second-order valence-corrected chi connectivity index (χ2v) is 8.62. The number of nitrogens with zero attached hydrogens (tertiary/aromatic N) is 3. The normalized spacial score (nSPS) is 15.6. The highest BCUT2D eigenvalue weighted by Gasteiger charge is 2.33. The molecule has 0 saturated carbocycles. The molecule has 0 radical (unpaired) electrons. The van der Waals surface area contributed by atoms with E-state index in [-0.39, 0.29) is 22.8 Å². The maximum Gasteiger partial charge on any atom is 0.322 e. The van der Waals surface area contributed by atoms with E-state index in [4.69, 9.17) is 0 Å². The fourth-order valence-corrected chi connectivity index (χ4v) is 4.39. The fraction of sp³-hybridized carbons (Fsp3) is 0.273. The molecule has 2 N–H and O–H groups in total. The second-order valence-electron chi connectivity index (χ2n) is 7.61. The van der Waals surface area contributed by atoms with Gasteiger partial charge in [-0.05, 0) is 62.1 Å². The van der Waals surface area contributed by atoms with Crippen LogP contribution in [0.2, 0.25) is 0 Å². The molecule has 0 spiro atoms. The Morgan fingerprint density at radius 2 is 1.75 bits per heavy atom. The molecule has 1 fully saturated rings. The maximum atomic E-state index is 13.4. The first-order valence-corrected chi connectivity index (χ1v) is 10.9. The van der Waals surface area contributed by atoms with E-state index >= 15 is 0 Å². The number of aryl methyl sites for hydroxylation is 2. The van der Waals surface area contributed by atoms with Crippen LogP contribution in [0.25, 0.3) is 0 Å². The Hall–Kier alpha value is -3.40. The summed E-state index contributed by atoms with van der Waals surface area (Å²) in [6.07, 6.45) is 1.51. The van der Waals surface area contributed by atoms with Crippen molar-refractivity contribution >= 4 is 34.6 Å². The molecule has 3 amide bonds. The van der Waals surface area contributed by atoms with Gasteiger partial charge in [-0.2, -0.15) is 0 Å². The van der Waals surface area contributed by atoms with E-state index in [1.807, 2.05) is 32.0 Å². The van der Waals surface area contributed by atoms with E-state index in [9.17, 15) is 18.4 Å². The number of benzene rings is 2. The number of amides is 3. The lowest BCUT2D eigenvalue weighted by molar-refractivity contribution is 0.102. The molecule has 4 rings (SSSR count). The van der Waals surface area contributed by atoms with Crippen LogP contribution in [-0.2, 0) is 0 Å². The van der Waals surface area contributed by atoms with Gasteiger partial charge in [0, 0.05) is 24.0 Å². The van der Waals surface area contributed by atoms with Crippen molar-refractivity contribution in [3.8, 4) is 0 Å². The van der Waals surface area contributed by atoms with Gasteiger partial charge in [0.2, 0.25) is 5.01 Å². The van der Waals surface area contributed by atoms with Gasteiger partial charge < -0.3 is 15.5 Å². The lowest BCUT2D eigenvalue weighted by Crippen LogP contribution is -2.34. The van der Waals surface area contributed by atoms with Crippen LogP contribution in [0.1, 0.15) is 44.8 Å². The smallest absolute Gasteiger partial charge is 0.320 e. The summed E-state index contributed by atoms with van der Waals surface area (Å²) in [5.41, 5.74) is 3.06. The summed E-state index contributed by atoms with van der Waals surface area (Å²) in [6.45, 7) is 4.56. The maximum absolute atomic E-state index is 13.4. The Morgan fingerprint density at radius 3 is 2.50 bits per heavy atom. The molecule has 1 unspecified atom stereocenters. The topological polar surface area (TPSA) is 87.2 Å². The van der Waals surface area contributed by atoms with Gasteiger partial charge in [-0.1, -0.05) is 17.4 Å². The predicted molar refractivity (Wildman–Crippen MR) is 118 cm³/mol. The molecule has 1 atom stereocenters. The van der Waals surface area contributed by atoms with E-state index in [1.54, 1.807) is 4.90 Å². The van der Waals surface area contributed by atoms with Gasteiger partial charge in [0.25, 0.3) is 5.91 Å². The van der Waals surface area contributed by atoms with Gasteiger partial charge in [0.05, 0.1) is 6.04 Å². The van der Waals surface area contributed by atoms with Crippen molar-refractivity contribution in [1.29, 1.82) is 0 Å². The first-order valence-electron chi connectivity index (χ1n) is 10.1. The van der Waals surface area contributed by atoms with Crippen molar-refractivity contribution in [2.75, 3.05) is 17.2 Å². The summed E-state index contributed by atoms with van der Waals surface area (Å²) < 4.78 is 26.4. The van der Waals surface area contributed by atoms with E-state index in [1.165, 1.54) is 6.07 Å². The van der Waals surface area contributed by atoms with Crippen molar-refractivity contribution in [2.45, 2.75) is 32.7 Å². The number of aromatic nitrogens is 2. The summed E-state index contributed by atoms with van der Waals surface area (Å²) in [7, 11) is 0. The number of carbonyl (C=O) groups is 2. The molecule has 1 saturated heterocycles. The van der Waals surface area contributed by atoms with Crippen molar-refractivity contribution in [2.24, 2.45) is 0 Å². The van der Waals surface area contributed by atoms with Crippen molar-refractivity contribution in [1.82, 2.24) is 15.1 Å². The highest BCUT2D eigenvalue weighted by Crippen LogP contribution is 2.34. The fourth-order valence-electron chi connectivity index (χ4n) is 3.50. The number of likely N-dealkylation sites (tertiary alicyclic amines) is 1. The van der Waals surface area contributed by atoms with Crippen LogP contribution in [-0.4, -0.2) is 33.6 Å². The van der Waals surface area contributed by atoms with Crippen LogP contribution in [0, 0.1) is 25.5 Å². The highest BCUT2D eigenvalue weighted by atomic mass is 32.1. The lowest BCUT2D eigenvalue weighted by atomic mass is 10.1. The second kappa shape index (κ2) is 8.99. The van der Waals surface area contributed by atoms with Gasteiger partial charge in [-0.25, -0.2) is 13.6 Å². The van der Waals surface area contributed by atoms with E-state index in [2.05, 4.69) is 20.8 Å². The Bertz CT molecular complexity index is 1180. The van der Waals surface area contributed by atoms with Gasteiger partial charge in [0.1, 0.15) is 5.01 Å². The van der Waals surface area contributed by atoms with Crippen LogP contribution in [0.4, 0.5) is 25.0 Å². The Morgan fingerprint density at radius 1 is 1.00 bits per heavy atom. The Labute approximate surface area is 187 Å². The average Bonchev–Trinajstić information content (AvgIpc) is 3.43. The Kier molecular flexibility index (Phi) is 6.13. The summed E-state index contributed by atoms with van der Waals surface area (Å²) in [5.74, 6) is -2.64. The van der Waals surface area contributed by atoms with E-state index in [0.717, 1.165) is 41.0 Å². The molecule has 1 aliphatic rings.